The third kappa shape index (κ3) is 4.52. The highest BCUT2D eigenvalue weighted by Gasteiger charge is 2.35. The van der Waals surface area contributed by atoms with E-state index in [1.165, 1.54) is 46.9 Å². The number of carbonyl (C=O) groups excluding carboxylic acids is 1. The van der Waals surface area contributed by atoms with Crippen LogP contribution in [0.2, 0.25) is 0 Å². The van der Waals surface area contributed by atoms with Crippen LogP contribution in [0.5, 0.6) is 5.88 Å². The molecule has 3 aromatic heterocycles. The number of hydrogen-bond donors (Lipinski definition) is 2. The monoisotopic (exact) mass is 588 g/mol. The van der Waals surface area contributed by atoms with Gasteiger partial charge in [0.05, 0.1) is 43.4 Å². The van der Waals surface area contributed by atoms with Crippen LogP contribution in [0.1, 0.15) is 31.9 Å². The quantitative estimate of drug-likeness (QED) is 0.206. The zero-order valence-electron chi connectivity index (χ0n) is 19.8. The van der Waals surface area contributed by atoms with Crippen molar-refractivity contribution in [3.63, 3.8) is 0 Å². The van der Waals surface area contributed by atoms with Gasteiger partial charge < -0.3 is 10.1 Å². The van der Waals surface area contributed by atoms with Crippen LogP contribution in [0.25, 0.3) is 31.5 Å². The smallest absolute Gasteiger partial charge is 0.416 e. The molecule has 2 aromatic carbocycles. The zero-order valence-corrected chi connectivity index (χ0v) is 21.4. The first-order chi connectivity index (χ1) is 18.9. The zero-order chi connectivity index (χ0) is 28.4. The van der Waals surface area contributed by atoms with E-state index < -0.39 is 29.4 Å². The lowest BCUT2D eigenvalue weighted by Crippen LogP contribution is -2.03. The number of rotatable bonds is 4. The standard InChI is InChI=1S/C28H14F6N2O2S2/c29-27(30,31)15-5-1-13(2-6-15)17-9-11-19(39-17)23-21-22(26(38)35-23)24(36-25(21)37)20-12-10-18(40-20)14-3-7-16(8-4-14)28(32,33)34/h1-12,35,38H. The Hall–Kier alpha value is -4.16. The van der Waals surface area contributed by atoms with Gasteiger partial charge in [-0.3, -0.25) is 4.79 Å². The molecule has 0 saturated heterocycles. The van der Waals surface area contributed by atoms with Crippen molar-refractivity contribution in [2.45, 2.75) is 12.4 Å². The van der Waals surface area contributed by atoms with Crippen LogP contribution in [-0.2, 0) is 12.4 Å². The molecule has 0 fully saturated rings. The minimum atomic E-state index is -4.45. The summed E-state index contributed by atoms with van der Waals surface area (Å²) in [5, 5.41) is 10.7. The lowest BCUT2D eigenvalue weighted by atomic mass is 10.1. The molecule has 202 valence electrons. The summed E-state index contributed by atoms with van der Waals surface area (Å²) in [7, 11) is 0. The van der Waals surface area contributed by atoms with Gasteiger partial charge in [-0.2, -0.15) is 26.3 Å². The topological polar surface area (TPSA) is 65.4 Å². The molecule has 1 amide bonds. The SMILES string of the molecule is O=C1N=C(c2ccc(-c3ccc(C(F)(F)F)cc3)s2)c2c(O)[nH]c(-c3ccc(-c4ccc(C(F)(F)F)cc4)s3)c21. The number of H-pyrrole nitrogens is 1. The van der Waals surface area contributed by atoms with Gasteiger partial charge in [0.1, 0.15) is 0 Å². The third-order valence-electron chi connectivity index (χ3n) is 6.33. The number of amides is 1. The molecular weight excluding hydrogens is 574 g/mol. The van der Waals surface area contributed by atoms with Crippen LogP contribution in [0.15, 0.2) is 77.8 Å². The van der Waals surface area contributed by atoms with Gasteiger partial charge in [-0.05, 0) is 59.7 Å². The number of nitrogens with one attached hydrogen (secondary N) is 1. The second kappa shape index (κ2) is 9.20. The van der Waals surface area contributed by atoms with Gasteiger partial charge in [-0.25, -0.2) is 4.99 Å². The van der Waals surface area contributed by atoms with Crippen LogP contribution in [-0.4, -0.2) is 21.7 Å². The number of aromatic nitrogens is 1. The molecule has 5 aromatic rings. The summed E-state index contributed by atoms with van der Waals surface area (Å²) in [6.07, 6.45) is -8.89. The summed E-state index contributed by atoms with van der Waals surface area (Å²) in [6.45, 7) is 0. The van der Waals surface area contributed by atoms with Gasteiger partial charge in [0.2, 0.25) is 0 Å². The number of carbonyl (C=O) groups is 1. The number of aromatic hydroxyl groups is 1. The van der Waals surface area contributed by atoms with E-state index in [0.717, 1.165) is 24.3 Å². The molecule has 0 aliphatic carbocycles. The van der Waals surface area contributed by atoms with Crippen LogP contribution < -0.4 is 0 Å². The predicted molar refractivity (Wildman–Crippen MR) is 141 cm³/mol. The largest absolute Gasteiger partial charge is 0.494 e. The highest BCUT2D eigenvalue weighted by atomic mass is 32.1. The fourth-order valence-corrected chi connectivity index (χ4v) is 6.43. The third-order valence-corrected chi connectivity index (χ3v) is 8.62. The molecule has 1 aliphatic rings. The molecule has 0 unspecified atom stereocenters. The van der Waals surface area contributed by atoms with E-state index in [4.69, 9.17) is 0 Å². The Bertz CT molecular complexity index is 1790. The highest BCUT2D eigenvalue weighted by Crippen LogP contribution is 2.43. The number of hydrogen-bond acceptors (Lipinski definition) is 4. The second-order valence-corrected chi connectivity index (χ2v) is 11.0. The average molecular weight is 589 g/mol. The number of aliphatic imine (C=N–C) groups is 1. The summed E-state index contributed by atoms with van der Waals surface area (Å²) < 4.78 is 77.4. The summed E-state index contributed by atoms with van der Waals surface area (Å²) in [4.78, 5) is 22.4. The highest BCUT2D eigenvalue weighted by molar-refractivity contribution is 7.19. The molecule has 40 heavy (non-hydrogen) atoms. The Morgan fingerprint density at radius 1 is 0.625 bits per heavy atom. The molecule has 12 heteroatoms. The second-order valence-electron chi connectivity index (χ2n) is 8.84. The van der Waals surface area contributed by atoms with Gasteiger partial charge in [-0.15, -0.1) is 22.7 Å². The molecule has 0 saturated carbocycles. The maximum Gasteiger partial charge on any atom is 0.416 e. The minimum Gasteiger partial charge on any atom is -0.494 e. The molecule has 0 atom stereocenters. The number of aromatic amines is 1. The van der Waals surface area contributed by atoms with Crippen molar-refractivity contribution < 1.29 is 36.2 Å². The maximum absolute atomic E-state index is 13.0. The van der Waals surface area contributed by atoms with Crippen molar-refractivity contribution in [2.24, 2.45) is 4.99 Å². The molecule has 0 bridgehead atoms. The van der Waals surface area contributed by atoms with Crippen molar-refractivity contribution in [1.29, 1.82) is 0 Å². The Kier molecular flexibility index (Phi) is 6.00. The van der Waals surface area contributed by atoms with Crippen molar-refractivity contribution in [3.05, 3.63) is 99.9 Å². The molecule has 2 N–H and O–H groups in total. The van der Waals surface area contributed by atoms with Crippen LogP contribution >= 0.6 is 22.7 Å². The van der Waals surface area contributed by atoms with Crippen molar-refractivity contribution in [2.75, 3.05) is 0 Å². The summed E-state index contributed by atoms with van der Waals surface area (Å²) in [5.41, 5.74) is 0.551. The normalized spacial score (nSPS) is 13.6. The Morgan fingerprint density at radius 3 is 1.57 bits per heavy atom. The van der Waals surface area contributed by atoms with Crippen molar-refractivity contribution >= 4 is 34.3 Å². The first kappa shape index (κ1) is 26.1. The van der Waals surface area contributed by atoms with Crippen molar-refractivity contribution in [3.8, 4) is 37.3 Å². The van der Waals surface area contributed by atoms with Crippen LogP contribution in [0.4, 0.5) is 26.3 Å². The number of nitrogens with zero attached hydrogens (tertiary/aromatic N) is 1. The van der Waals surface area contributed by atoms with E-state index in [-0.39, 0.29) is 22.7 Å². The lowest BCUT2D eigenvalue weighted by Gasteiger charge is -2.06. The van der Waals surface area contributed by atoms with Crippen LogP contribution in [0.3, 0.4) is 0 Å². The molecule has 0 spiro atoms. The molecule has 1 aliphatic heterocycles. The molecule has 6 rings (SSSR count). The maximum atomic E-state index is 13.0. The molecule has 4 nitrogen and oxygen atoms in total. The summed E-state index contributed by atoms with van der Waals surface area (Å²) in [6, 6.07) is 16.2. The van der Waals surface area contributed by atoms with Gasteiger partial charge in [0, 0.05) is 9.75 Å². The van der Waals surface area contributed by atoms with Gasteiger partial charge >= 0.3 is 12.4 Å². The van der Waals surface area contributed by atoms with Crippen molar-refractivity contribution in [1.82, 2.24) is 4.98 Å². The Labute approximate surface area is 229 Å². The lowest BCUT2D eigenvalue weighted by molar-refractivity contribution is -0.138. The van der Waals surface area contributed by atoms with Crippen LogP contribution in [0, 0.1) is 0 Å². The molecule has 4 heterocycles. The summed E-state index contributed by atoms with van der Waals surface area (Å²) >= 11 is 2.44. The number of halogens is 6. The molecule has 0 radical (unpaired) electrons. The average Bonchev–Trinajstić information content (AvgIpc) is 3.69. The summed E-state index contributed by atoms with van der Waals surface area (Å²) in [5.74, 6) is -0.853. The fourth-order valence-electron chi connectivity index (χ4n) is 4.40. The molecular formula is C28H14F6N2O2S2. The Balaban J connectivity index is 1.30. The van der Waals surface area contributed by atoms with E-state index in [1.54, 1.807) is 24.3 Å². The van der Waals surface area contributed by atoms with E-state index in [1.807, 2.05) is 0 Å². The number of thiophene rings is 2. The van der Waals surface area contributed by atoms with Gasteiger partial charge in [0.25, 0.3) is 5.91 Å². The van der Waals surface area contributed by atoms with E-state index >= 15 is 0 Å². The minimum absolute atomic E-state index is 0.165. The number of benzene rings is 2. The fraction of sp³-hybridized carbons (Fsp3) is 0.0714. The number of fused-ring (bicyclic) bond motifs is 1. The van der Waals surface area contributed by atoms with E-state index in [0.29, 0.717) is 36.3 Å². The first-order valence-electron chi connectivity index (χ1n) is 11.5. The van der Waals surface area contributed by atoms with Gasteiger partial charge in [-0.1, -0.05) is 24.3 Å². The predicted octanol–water partition coefficient (Wildman–Crippen LogP) is 8.87. The Morgan fingerprint density at radius 2 is 1.07 bits per heavy atom. The first-order valence-corrected chi connectivity index (χ1v) is 13.2. The van der Waals surface area contributed by atoms with E-state index in [2.05, 4.69) is 9.98 Å². The van der Waals surface area contributed by atoms with Gasteiger partial charge in [0.15, 0.2) is 5.88 Å². The number of alkyl halides is 6. The van der Waals surface area contributed by atoms with E-state index in [9.17, 15) is 36.2 Å².